The van der Waals surface area contributed by atoms with Gasteiger partial charge in [0.15, 0.2) is 5.78 Å². The lowest BCUT2D eigenvalue weighted by atomic mass is 10.0. The average molecular weight is 374 g/mol. The Bertz CT molecular complexity index is 1020. The first-order chi connectivity index (χ1) is 13.5. The van der Waals surface area contributed by atoms with Crippen LogP contribution in [-0.2, 0) is 11.3 Å². The number of Topliss-reactive ketones (excluding diaryl/α,β-unsaturated/α-hetero) is 1. The maximum atomic E-state index is 12.2. The molecule has 28 heavy (non-hydrogen) atoms. The summed E-state index contributed by atoms with van der Waals surface area (Å²) in [7, 11) is 0. The number of amides is 1. The maximum absolute atomic E-state index is 12.2. The van der Waals surface area contributed by atoms with Gasteiger partial charge in [0, 0.05) is 36.4 Å². The van der Waals surface area contributed by atoms with Gasteiger partial charge in [-0.3, -0.25) is 14.4 Å². The van der Waals surface area contributed by atoms with Crippen molar-refractivity contribution in [3.63, 3.8) is 0 Å². The predicted molar refractivity (Wildman–Crippen MR) is 110 cm³/mol. The maximum Gasteiger partial charge on any atom is 0.250 e. The van der Waals surface area contributed by atoms with Crippen LogP contribution in [0.4, 0.5) is 5.69 Å². The van der Waals surface area contributed by atoms with Gasteiger partial charge in [-0.25, -0.2) is 0 Å². The molecule has 3 aromatic rings. The van der Waals surface area contributed by atoms with Gasteiger partial charge >= 0.3 is 0 Å². The Balaban J connectivity index is 1.51. The highest BCUT2D eigenvalue weighted by Gasteiger charge is 2.09. The number of hydrogen-bond acceptors (Lipinski definition) is 3. The minimum atomic E-state index is -0.201. The molecule has 0 saturated carbocycles. The number of nitrogens with one attached hydrogen (secondary N) is 1. The molecule has 1 heterocycles. The van der Waals surface area contributed by atoms with E-state index < -0.39 is 0 Å². The van der Waals surface area contributed by atoms with E-state index in [1.165, 1.54) is 6.07 Å². The Morgan fingerprint density at radius 3 is 2.29 bits per heavy atom. The van der Waals surface area contributed by atoms with Crippen LogP contribution in [0.1, 0.15) is 34.3 Å². The van der Waals surface area contributed by atoms with E-state index >= 15 is 0 Å². The molecule has 0 fully saturated rings. The number of benzene rings is 2. The van der Waals surface area contributed by atoms with Gasteiger partial charge in [-0.15, -0.1) is 0 Å². The SMILES string of the molecule is Cc1ccc(C(=O)CCC(=O)Nc2ccc(Cn3ccccc3=O)cc2)cc1. The second-order valence-electron chi connectivity index (χ2n) is 6.70. The quantitative estimate of drug-likeness (QED) is 0.640. The van der Waals surface area contributed by atoms with E-state index in [4.69, 9.17) is 0 Å². The van der Waals surface area contributed by atoms with Crippen LogP contribution in [0.5, 0.6) is 0 Å². The highest BCUT2D eigenvalue weighted by atomic mass is 16.2. The predicted octanol–water partition coefficient (Wildman–Crippen LogP) is 3.81. The van der Waals surface area contributed by atoms with Crippen molar-refractivity contribution in [1.82, 2.24) is 4.57 Å². The van der Waals surface area contributed by atoms with Crippen LogP contribution in [0.3, 0.4) is 0 Å². The molecule has 0 unspecified atom stereocenters. The number of rotatable bonds is 7. The Morgan fingerprint density at radius 1 is 0.893 bits per heavy atom. The molecule has 5 heteroatoms. The Hall–Kier alpha value is -3.47. The van der Waals surface area contributed by atoms with Crippen molar-refractivity contribution in [2.75, 3.05) is 5.32 Å². The van der Waals surface area contributed by atoms with E-state index in [2.05, 4.69) is 5.32 Å². The summed E-state index contributed by atoms with van der Waals surface area (Å²) in [5, 5.41) is 2.80. The topological polar surface area (TPSA) is 68.2 Å². The third-order valence-electron chi connectivity index (χ3n) is 4.44. The van der Waals surface area contributed by atoms with Crippen molar-refractivity contribution in [3.8, 4) is 0 Å². The molecule has 0 spiro atoms. The number of pyridine rings is 1. The number of anilines is 1. The zero-order valence-corrected chi connectivity index (χ0v) is 15.7. The Kier molecular flexibility index (Phi) is 6.17. The van der Waals surface area contributed by atoms with Crippen molar-refractivity contribution < 1.29 is 9.59 Å². The molecule has 0 bridgehead atoms. The van der Waals surface area contributed by atoms with Gasteiger partial charge in [-0.2, -0.15) is 0 Å². The summed E-state index contributed by atoms with van der Waals surface area (Å²) < 4.78 is 1.62. The first kappa shape index (κ1) is 19.3. The van der Waals surface area contributed by atoms with Crippen LogP contribution >= 0.6 is 0 Å². The highest BCUT2D eigenvalue weighted by molar-refractivity contribution is 6.00. The van der Waals surface area contributed by atoms with Gasteiger partial charge in [-0.1, -0.05) is 48.0 Å². The monoisotopic (exact) mass is 374 g/mol. The van der Waals surface area contributed by atoms with Crippen LogP contribution in [0.2, 0.25) is 0 Å². The molecule has 1 amide bonds. The minimum Gasteiger partial charge on any atom is -0.326 e. The smallest absolute Gasteiger partial charge is 0.250 e. The Labute approximate surface area is 163 Å². The standard InChI is InChI=1S/C23H22N2O3/c1-17-5-9-19(10-6-17)21(26)13-14-22(27)24-20-11-7-18(8-12-20)16-25-15-3-2-4-23(25)28/h2-12,15H,13-14,16H2,1H3,(H,24,27). The first-order valence-corrected chi connectivity index (χ1v) is 9.15. The van der Waals surface area contributed by atoms with Crippen molar-refractivity contribution in [3.05, 3.63) is 100.0 Å². The van der Waals surface area contributed by atoms with E-state index in [1.807, 2.05) is 37.3 Å². The summed E-state index contributed by atoms with van der Waals surface area (Å²) in [6.45, 7) is 2.43. The molecule has 3 rings (SSSR count). The number of carbonyl (C=O) groups is 2. The lowest BCUT2D eigenvalue weighted by Crippen LogP contribution is -2.18. The van der Waals surface area contributed by atoms with E-state index in [-0.39, 0.29) is 30.1 Å². The number of aryl methyl sites for hydroxylation is 1. The number of ketones is 1. The van der Waals surface area contributed by atoms with E-state index in [0.29, 0.717) is 17.8 Å². The van der Waals surface area contributed by atoms with E-state index in [9.17, 15) is 14.4 Å². The van der Waals surface area contributed by atoms with Gasteiger partial charge in [0.2, 0.25) is 5.91 Å². The summed E-state index contributed by atoms with van der Waals surface area (Å²) >= 11 is 0. The molecule has 0 aliphatic carbocycles. The number of nitrogens with zero attached hydrogens (tertiary/aromatic N) is 1. The fourth-order valence-electron chi connectivity index (χ4n) is 2.82. The van der Waals surface area contributed by atoms with Crippen LogP contribution in [0, 0.1) is 6.92 Å². The zero-order valence-electron chi connectivity index (χ0n) is 15.7. The third kappa shape index (κ3) is 5.27. The van der Waals surface area contributed by atoms with Crippen molar-refractivity contribution >= 4 is 17.4 Å². The molecule has 142 valence electrons. The molecule has 1 aromatic heterocycles. The van der Waals surface area contributed by atoms with E-state index in [0.717, 1.165) is 11.1 Å². The van der Waals surface area contributed by atoms with Crippen molar-refractivity contribution in [2.24, 2.45) is 0 Å². The van der Waals surface area contributed by atoms with Crippen LogP contribution < -0.4 is 10.9 Å². The first-order valence-electron chi connectivity index (χ1n) is 9.15. The molecule has 0 radical (unpaired) electrons. The molecule has 2 aromatic carbocycles. The molecule has 0 aliphatic heterocycles. The lowest BCUT2D eigenvalue weighted by Gasteiger charge is -2.08. The fraction of sp³-hybridized carbons (Fsp3) is 0.174. The molecule has 0 aliphatic rings. The average Bonchev–Trinajstić information content (AvgIpc) is 2.70. The number of carbonyl (C=O) groups excluding carboxylic acids is 2. The van der Waals surface area contributed by atoms with Crippen LogP contribution in [0.25, 0.3) is 0 Å². The van der Waals surface area contributed by atoms with Crippen LogP contribution in [-0.4, -0.2) is 16.3 Å². The van der Waals surface area contributed by atoms with E-state index in [1.54, 1.807) is 41.1 Å². The zero-order chi connectivity index (χ0) is 19.9. The third-order valence-corrected chi connectivity index (χ3v) is 4.44. The van der Waals surface area contributed by atoms with Gasteiger partial charge in [0.25, 0.3) is 5.56 Å². The number of hydrogen-bond donors (Lipinski definition) is 1. The van der Waals surface area contributed by atoms with Gasteiger partial charge < -0.3 is 9.88 Å². The highest BCUT2D eigenvalue weighted by Crippen LogP contribution is 2.12. The molecule has 5 nitrogen and oxygen atoms in total. The second kappa shape index (κ2) is 8.95. The van der Waals surface area contributed by atoms with Gasteiger partial charge in [-0.05, 0) is 30.7 Å². The molecule has 0 atom stereocenters. The summed E-state index contributed by atoms with van der Waals surface area (Å²) in [6.07, 6.45) is 2.04. The number of aromatic nitrogens is 1. The summed E-state index contributed by atoms with van der Waals surface area (Å²) in [4.78, 5) is 36.0. The van der Waals surface area contributed by atoms with Gasteiger partial charge in [0.1, 0.15) is 0 Å². The Morgan fingerprint density at radius 2 is 1.61 bits per heavy atom. The molecular weight excluding hydrogens is 352 g/mol. The molecular formula is C23H22N2O3. The lowest BCUT2D eigenvalue weighted by molar-refractivity contribution is -0.116. The normalized spacial score (nSPS) is 10.5. The molecule has 0 saturated heterocycles. The largest absolute Gasteiger partial charge is 0.326 e. The minimum absolute atomic E-state index is 0.0428. The second-order valence-corrected chi connectivity index (χ2v) is 6.70. The fourth-order valence-corrected chi connectivity index (χ4v) is 2.82. The molecule has 1 N–H and O–H groups in total. The summed E-state index contributed by atoms with van der Waals surface area (Å²) in [5.74, 6) is -0.244. The van der Waals surface area contributed by atoms with Gasteiger partial charge in [0.05, 0.1) is 6.54 Å². The van der Waals surface area contributed by atoms with Crippen molar-refractivity contribution in [1.29, 1.82) is 0 Å². The van der Waals surface area contributed by atoms with Crippen LogP contribution in [0.15, 0.2) is 77.7 Å². The summed E-state index contributed by atoms with van der Waals surface area (Å²) in [5.41, 5.74) is 3.28. The summed E-state index contributed by atoms with van der Waals surface area (Å²) in [6, 6.07) is 19.7. The van der Waals surface area contributed by atoms with Crippen molar-refractivity contribution in [2.45, 2.75) is 26.3 Å².